The van der Waals surface area contributed by atoms with Gasteiger partial charge in [0.25, 0.3) is 0 Å². The normalized spacial score (nSPS) is 13.0. The molecule has 0 saturated heterocycles. The van der Waals surface area contributed by atoms with Gasteiger partial charge in [-0.25, -0.2) is 8.42 Å². The lowest BCUT2D eigenvalue weighted by Gasteiger charge is -2.17. The number of thiophene rings is 1. The quantitative estimate of drug-likeness (QED) is 0.779. The van der Waals surface area contributed by atoms with Crippen molar-refractivity contribution in [1.82, 2.24) is 4.72 Å². The van der Waals surface area contributed by atoms with E-state index in [0.29, 0.717) is 5.56 Å². The highest BCUT2D eigenvalue weighted by atomic mass is 35.5. The van der Waals surface area contributed by atoms with E-state index < -0.39 is 16.1 Å². The highest BCUT2D eigenvalue weighted by molar-refractivity contribution is 7.90. The molecule has 0 radical (unpaired) electrons. The first kappa shape index (κ1) is 16.7. The zero-order chi connectivity index (χ0) is 15.6. The van der Waals surface area contributed by atoms with Crippen molar-refractivity contribution in [1.29, 1.82) is 0 Å². The lowest BCUT2D eigenvalue weighted by atomic mass is 10.1. The monoisotopic (exact) mass is 380 g/mol. The molecule has 0 spiro atoms. The van der Waals surface area contributed by atoms with Crippen LogP contribution in [0.15, 0.2) is 41.3 Å². The van der Waals surface area contributed by atoms with E-state index in [1.807, 2.05) is 6.07 Å². The van der Waals surface area contributed by atoms with Gasteiger partial charge in [-0.1, -0.05) is 65.8 Å². The van der Waals surface area contributed by atoms with E-state index in [4.69, 9.17) is 41.2 Å². The van der Waals surface area contributed by atoms with E-state index in [9.17, 15) is 8.42 Å². The summed E-state index contributed by atoms with van der Waals surface area (Å²) in [6, 6.07) is 9.28. The van der Waals surface area contributed by atoms with Gasteiger partial charge in [-0.15, -0.1) is 11.3 Å². The molecule has 1 aromatic heterocycles. The van der Waals surface area contributed by atoms with Gasteiger partial charge in [0, 0.05) is 0 Å². The Balaban J connectivity index is 2.37. The molecule has 1 heterocycles. The summed E-state index contributed by atoms with van der Waals surface area (Å²) in [4.78, 5) is -0.0708. The molecule has 21 heavy (non-hydrogen) atoms. The third kappa shape index (κ3) is 3.94. The third-order valence-electron chi connectivity index (χ3n) is 2.61. The summed E-state index contributed by atoms with van der Waals surface area (Å²) < 4.78 is 27.6. The Kier molecular flexibility index (Phi) is 5.24. The highest BCUT2D eigenvalue weighted by Gasteiger charge is 2.26. The van der Waals surface area contributed by atoms with Crippen LogP contribution in [0.5, 0.6) is 0 Å². The van der Waals surface area contributed by atoms with Crippen molar-refractivity contribution in [2.75, 3.05) is 0 Å². The van der Waals surface area contributed by atoms with Crippen LogP contribution in [0.2, 0.25) is 8.67 Å². The zero-order valence-corrected chi connectivity index (χ0v) is 14.4. The van der Waals surface area contributed by atoms with Gasteiger partial charge in [-0.05, 0) is 11.6 Å². The molecule has 2 rings (SSSR count). The first-order valence-electron chi connectivity index (χ1n) is 5.62. The molecule has 1 aromatic carbocycles. The molecule has 112 valence electrons. The molecule has 0 amide bonds. The second-order valence-corrected chi connectivity index (χ2v) is 8.50. The van der Waals surface area contributed by atoms with Crippen LogP contribution in [0, 0.1) is 0 Å². The van der Waals surface area contributed by atoms with Crippen molar-refractivity contribution < 1.29 is 8.42 Å². The first-order chi connectivity index (χ1) is 9.81. The van der Waals surface area contributed by atoms with Gasteiger partial charge in [0.2, 0.25) is 10.0 Å². The number of thiocarbonyl (C=S) groups is 1. The van der Waals surface area contributed by atoms with Crippen LogP contribution >= 0.6 is 46.8 Å². The Hall–Kier alpha value is -0.700. The van der Waals surface area contributed by atoms with Gasteiger partial charge in [-0.2, -0.15) is 4.72 Å². The fourth-order valence-corrected chi connectivity index (χ4v) is 5.29. The number of rotatable bonds is 5. The Bertz CT molecular complexity index is 760. The number of nitrogens with one attached hydrogen (secondary N) is 1. The minimum atomic E-state index is -3.89. The zero-order valence-electron chi connectivity index (χ0n) is 10.4. The lowest BCUT2D eigenvalue weighted by molar-refractivity contribution is 0.578. The molecule has 1 unspecified atom stereocenters. The van der Waals surface area contributed by atoms with E-state index in [2.05, 4.69) is 4.72 Å². The molecule has 1 atom stereocenters. The molecular formula is C12H10Cl2N2O2S3. The number of sulfonamides is 1. The van der Waals surface area contributed by atoms with Gasteiger partial charge >= 0.3 is 0 Å². The van der Waals surface area contributed by atoms with Crippen molar-refractivity contribution >= 4 is 61.8 Å². The van der Waals surface area contributed by atoms with E-state index in [0.717, 1.165) is 11.3 Å². The molecule has 9 heteroatoms. The summed E-state index contributed by atoms with van der Waals surface area (Å²) >= 11 is 17.6. The van der Waals surface area contributed by atoms with Crippen molar-refractivity contribution in [2.24, 2.45) is 5.73 Å². The number of benzene rings is 1. The van der Waals surface area contributed by atoms with Crippen LogP contribution in [0.25, 0.3) is 0 Å². The SMILES string of the molecule is NC(=S)C(NS(=O)(=O)c1cc(Cl)sc1Cl)c1ccccc1. The second-order valence-electron chi connectivity index (χ2n) is 4.06. The van der Waals surface area contributed by atoms with E-state index in [1.165, 1.54) is 6.07 Å². The third-order valence-corrected chi connectivity index (χ3v) is 6.02. The van der Waals surface area contributed by atoms with Crippen LogP contribution in [-0.4, -0.2) is 13.4 Å². The summed E-state index contributed by atoms with van der Waals surface area (Å²) in [6.45, 7) is 0. The summed E-state index contributed by atoms with van der Waals surface area (Å²) in [7, 11) is -3.89. The van der Waals surface area contributed by atoms with Crippen LogP contribution in [0.1, 0.15) is 11.6 Å². The average molecular weight is 381 g/mol. The van der Waals surface area contributed by atoms with Gasteiger partial charge < -0.3 is 5.73 Å². The summed E-state index contributed by atoms with van der Waals surface area (Å²) in [5.74, 6) is 0. The van der Waals surface area contributed by atoms with Gasteiger partial charge in [0.05, 0.1) is 15.4 Å². The summed E-state index contributed by atoms with van der Waals surface area (Å²) in [6.07, 6.45) is 0. The number of hydrogen-bond donors (Lipinski definition) is 2. The highest BCUT2D eigenvalue weighted by Crippen LogP contribution is 2.34. The predicted molar refractivity (Wildman–Crippen MR) is 90.6 cm³/mol. The Labute approximate surface area is 141 Å². The Morgan fingerprint density at radius 3 is 2.38 bits per heavy atom. The van der Waals surface area contributed by atoms with Gasteiger partial charge in [0.15, 0.2) is 0 Å². The predicted octanol–water partition coefficient (Wildman–Crippen LogP) is 3.36. The molecule has 3 N–H and O–H groups in total. The standard InChI is InChI=1S/C12H10Cl2N2O2S3/c13-9-6-8(11(14)20-9)21(17,18)16-10(12(15)19)7-4-2-1-3-5-7/h1-6,10,16H,(H2,15,19). The van der Waals surface area contributed by atoms with Crippen LogP contribution in [0.3, 0.4) is 0 Å². The maximum absolute atomic E-state index is 12.4. The van der Waals surface area contributed by atoms with Crippen molar-refractivity contribution in [2.45, 2.75) is 10.9 Å². The minimum absolute atomic E-state index is 0.0159. The lowest BCUT2D eigenvalue weighted by Crippen LogP contribution is -2.36. The molecular weight excluding hydrogens is 371 g/mol. The Morgan fingerprint density at radius 1 is 1.29 bits per heavy atom. The fraction of sp³-hybridized carbons (Fsp3) is 0.0833. The maximum atomic E-state index is 12.4. The summed E-state index contributed by atoms with van der Waals surface area (Å²) in [5.41, 5.74) is 6.29. The molecule has 0 bridgehead atoms. The number of hydrogen-bond acceptors (Lipinski definition) is 4. The summed E-state index contributed by atoms with van der Waals surface area (Å²) in [5, 5.41) is 0. The Morgan fingerprint density at radius 2 is 1.90 bits per heavy atom. The van der Waals surface area contributed by atoms with E-state index in [1.54, 1.807) is 24.3 Å². The van der Waals surface area contributed by atoms with Crippen molar-refractivity contribution in [3.8, 4) is 0 Å². The molecule has 0 aliphatic heterocycles. The van der Waals surface area contributed by atoms with Crippen LogP contribution in [0.4, 0.5) is 0 Å². The first-order valence-corrected chi connectivity index (χ1v) is 9.09. The molecule has 0 saturated carbocycles. The van der Waals surface area contributed by atoms with Crippen molar-refractivity contribution in [3.63, 3.8) is 0 Å². The molecule has 4 nitrogen and oxygen atoms in total. The topological polar surface area (TPSA) is 72.2 Å². The minimum Gasteiger partial charge on any atom is -0.392 e. The maximum Gasteiger partial charge on any atom is 0.243 e. The van der Waals surface area contributed by atoms with Crippen LogP contribution in [-0.2, 0) is 10.0 Å². The van der Waals surface area contributed by atoms with Crippen molar-refractivity contribution in [3.05, 3.63) is 50.6 Å². The number of halogens is 2. The van der Waals surface area contributed by atoms with E-state index in [-0.39, 0.29) is 18.6 Å². The average Bonchev–Trinajstić information content (AvgIpc) is 2.77. The van der Waals surface area contributed by atoms with Crippen LogP contribution < -0.4 is 10.5 Å². The second kappa shape index (κ2) is 6.60. The molecule has 2 aromatic rings. The largest absolute Gasteiger partial charge is 0.392 e. The molecule has 0 fully saturated rings. The fourth-order valence-electron chi connectivity index (χ4n) is 1.66. The number of nitrogens with two attached hydrogens (primary N) is 1. The smallest absolute Gasteiger partial charge is 0.243 e. The van der Waals surface area contributed by atoms with Gasteiger partial charge in [0.1, 0.15) is 9.23 Å². The molecule has 0 aliphatic rings. The van der Waals surface area contributed by atoms with E-state index >= 15 is 0 Å². The molecule has 0 aliphatic carbocycles. The van der Waals surface area contributed by atoms with Gasteiger partial charge in [-0.3, -0.25) is 0 Å².